The number of nitrogens with one attached hydrogen (secondary N) is 1. The van der Waals surface area contributed by atoms with Gasteiger partial charge in [0, 0.05) is 24.3 Å². The Bertz CT molecular complexity index is 1580. The molecule has 5 rings (SSSR count). The lowest BCUT2D eigenvalue weighted by Gasteiger charge is -2.41. The van der Waals surface area contributed by atoms with E-state index in [0.29, 0.717) is 23.5 Å². The second kappa shape index (κ2) is 13.0. The molecule has 0 saturated carbocycles. The van der Waals surface area contributed by atoms with Crippen molar-refractivity contribution < 1.29 is 23.9 Å². The number of benzene rings is 4. The van der Waals surface area contributed by atoms with Gasteiger partial charge in [-0.25, -0.2) is 4.79 Å². The average Bonchev–Trinajstić information content (AvgIpc) is 2.99. The molecule has 8 heteroatoms. The van der Waals surface area contributed by atoms with Crippen LogP contribution in [0.4, 0.5) is 10.5 Å². The van der Waals surface area contributed by atoms with Crippen molar-refractivity contribution in [2.45, 2.75) is 38.8 Å². The summed E-state index contributed by atoms with van der Waals surface area (Å²) in [7, 11) is 0. The molecule has 1 atom stereocenters. The van der Waals surface area contributed by atoms with Crippen LogP contribution in [0.25, 0.3) is 10.8 Å². The molecule has 0 aliphatic carbocycles. The van der Waals surface area contributed by atoms with Gasteiger partial charge in [-0.15, -0.1) is 0 Å². The van der Waals surface area contributed by atoms with E-state index < -0.39 is 17.7 Å². The van der Waals surface area contributed by atoms with Crippen molar-refractivity contribution in [2.75, 3.05) is 31.1 Å². The average molecular weight is 580 g/mol. The summed E-state index contributed by atoms with van der Waals surface area (Å²) in [5.74, 6) is 0.229. The van der Waals surface area contributed by atoms with E-state index in [1.54, 1.807) is 49.9 Å². The second-order valence-electron chi connectivity index (χ2n) is 11.6. The molecule has 1 saturated heterocycles. The van der Waals surface area contributed by atoms with Crippen molar-refractivity contribution >= 4 is 34.4 Å². The van der Waals surface area contributed by atoms with Crippen LogP contribution in [-0.4, -0.2) is 60.7 Å². The maximum atomic E-state index is 13.5. The number of anilines is 1. The van der Waals surface area contributed by atoms with Gasteiger partial charge in [0.15, 0.2) is 0 Å². The van der Waals surface area contributed by atoms with Crippen LogP contribution in [0.5, 0.6) is 5.75 Å². The van der Waals surface area contributed by atoms with Gasteiger partial charge in [0.25, 0.3) is 5.91 Å². The van der Waals surface area contributed by atoms with Crippen LogP contribution < -0.4 is 15.0 Å². The van der Waals surface area contributed by atoms with Gasteiger partial charge >= 0.3 is 6.09 Å². The zero-order valence-corrected chi connectivity index (χ0v) is 24.8. The topological polar surface area (TPSA) is 88.2 Å². The third kappa shape index (κ3) is 7.71. The molecule has 8 nitrogen and oxygen atoms in total. The van der Waals surface area contributed by atoms with E-state index in [-0.39, 0.29) is 31.5 Å². The summed E-state index contributed by atoms with van der Waals surface area (Å²) in [5, 5.41) is 5.10. The van der Waals surface area contributed by atoms with E-state index in [4.69, 9.17) is 9.47 Å². The van der Waals surface area contributed by atoms with Crippen molar-refractivity contribution in [3.8, 4) is 5.75 Å². The molecule has 222 valence electrons. The fourth-order valence-corrected chi connectivity index (χ4v) is 5.08. The van der Waals surface area contributed by atoms with Crippen molar-refractivity contribution in [1.82, 2.24) is 10.2 Å². The van der Waals surface area contributed by atoms with E-state index >= 15 is 0 Å². The highest BCUT2D eigenvalue weighted by Crippen LogP contribution is 2.26. The van der Waals surface area contributed by atoms with Crippen LogP contribution >= 0.6 is 0 Å². The summed E-state index contributed by atoms with van der Waals surface area (Å²) in [6.45, 7) is 6.17. The molecule has 0 aromatic heterocycles. The number of carbonyl (C=O) groups excluding carboxylic acids is 3. The molecule has 4 aromatic carbocycles. The van der Waals surface area contributed by atoms with Gasteiger partial charge in [-0.3, -0.25) is 14.5 Å². The summed E-state index contributed by atoms with van der Waals surface area (Å²) in [4.78, 5) is 42.3. The first-order chi connectivity index (χ1) is 20.7. The number of hydrogen-bond donors (Lipinski definition) is 1. The molecule has 1 aliphatic heterocycles. The fraction of sp³-hybridized carbons (Fsp3) is 0.286. The van der Waals surface area contributed by atoms with Gasteiger partial charge in [-0.1, -0.05) is 60.7 Å². The number of ether oxygens (including phenoxy) is 2. The molecule has 43 heavy (non-hydrogen) atoms. The summed E-state index contributed by atoms with van der Waals surface area (Å²) in [6.07, 6.45) is 0.193. The van der Waals surface area contributed by atoms with Gasteiger partial charge in [0.2, 0.25) is 5.91 Å². The van der Waals surface area contributed by atoms with Crippen LogP contribution in [0.2, 0.25) is 0 Å². The van der Waals surface area contributed by atoms with Gasteiger partial charge in [-0.2, -0.15) is 0 Å². The number of nitrogens with zero attached hydrogens (tertiary/aromatic N) is 2. The molecular weight excluding hydrogens is 542 g/mol. The molecule has 1 unspecified atom stereocenters. The molecular formula is C35H37N3O5. The minimum atomic E-state index is -0.689. The van der Waals surface area contributed by atoms with Crippen LogP contribution in [0.15, 0.2) is 97.1 Å². The van der Waals surface area contributed by atoms with Gasteiger partial charge in [0.1, 0.15) is 24.5 Å². The third-order valence-corrected chi connectivity index (χ3v) is 7.16. The molecule has 3 amide bonds. The van der Waals surface area contributed by atoms with Crippen LogP contribution in [-0.2, 0) is 16.0 Å². The number of fused-ring (bicyclic) bond motifs is 1. The summed E-state index contributed by atoms with van der Waals surface area (Å²) in [5.41, 5.74) is 1.59. The van der Waals surface area contributed by atoms with E-state index in [1.807, 2.05) is 72.8 Å². The maximum absolute atomic E-state index is 13.5. The Morgan fingerprint density at radius 1 is 0.884 bits per heavy atom. The Morgan fingerprint density at radius 2 is 1.58 bits per heavy atom. The minimum Gasteiger partial charge on any atom is -0.491 e. The predicted octanol–water partition coefficient (Wildman–Crippen LogP) is 5.84. The molecule has 4 aromatic rings. The highest BCUT2D eigenvalue weighted by Gasteiger charge is 2.38. The minimum absolute atomic E-state index is 0.122. The number of rotatable bonds is 8. The quantitative estimate of drug-likeness (QED) is 0.283. The Morgan fingerprint density at radius 3 is 2.30 bits per heavy atom. The van der Waals surface area contributed by atoms with Crippen LogP contribution in [0.1, 0.15) is 36.7 Å². The lowest BCUT2D eigenvalue weighted by atomic mass is 10.1. The van der Waals surface area contributed by atoms with Crippen molar-refractivity contribution in [3.63, 3.8) is 0 Å². The highest BCUT2D eigenvalue weighted by molar-refractivity contribution is 5.99. The second-order valence-corrected chi connectivity index (χ2v) is 11.6. The molecule has 1 N–H and O–H groups in total. The number of amides is 3. The van der Waals surface area contributed by atoms with E-state index in [2.05, 4.69) is 5.32 Å². The Hall–Kier alpha value is -4.85. The SMILES string of the molecule is CC(C)(C)OC(=O)N1CC(=O)N(c2ccc(C(=O)NCCc3ccccc3)cc2)C(COc2ccc3ccccc3c2)C1. The smallest absolute Gasteiger partial charge is 0.410 e. The maximum Gasteiger partial charge on any atom is 0.410 e. The van der Waals surface area contributed by atoms with Crippen LogP contribution in [0, 0.1) is 0 Å². The molecule has 0 spiro atoms. The van der Waals surface area contributed by atoms with Gasteiger partial charge in [-0.05, 0) is 79.9 Å². The molecule has 0 bridgehead atoms. The number of carbonyl (C=O) groups is 3. The molecule has 1 fully saturated rings. The molecule has 1 heterocycles. The Labute approximate surface area is 252 Å². The van der Waals surface area contributed by atoms with Gasteiger partial charge in [0.05, 0.1) is 6.04 Å². The number of hydrogen-bond acceptors (Lipinski definition) is 5. The monoisotopic (exact) mass is 579 g/mol. The largest absolute Gasteiger partial charge is 0.491 e. The zero-order chi connectivity index (χ0) is 30.4. The zero-order valence-electron chi connectivity index (χ0n) is 24.8. The predicted molar refractivity (Wildman–Crippen MR) is 167 cm³/mol. The Kier molecular flexibility index (Phi) is 8.95. The lowest BCUT2D eigenvalue weighted by molar-refractivity contribution is -0.122. The lowest BCUT2D eigenvalue weighted by Crippen LogP contribution is -2.60. The standard InChI is InChI=1S/C35H37N3O5/c1-35(2,3)43-34(41)37-22-30(24-42-31-18-15-26-11-7-8-12-28(26)21-31)38(32(39)23-37)29-16-13-27(14-17-29)33(40)36-20-19-25-9-5-4-6-10-25/h4-18,21,30H,19-20,22-24H2,1-3H3,(H,36,40). The van der Waals surface area contributed by atoms with Crippen molar-refractivity contribution in [1.29, 1.82) is 0 Å². The van der Waals surface area contributed by atoms with E-state index in [1.165, 1.54) is 4.90 Å². The summed E-state index contributed by atoms with van der Waals surface area (Å²) >= 11 is 0. The summed E-state index contributed by atoms with van der Waals surface area (Å²) < 4.78 is 11.7. The third-order valence-electron chi connectivity index (χ3n) is 7.16. The Balaban J connectivity index is 1.30. The van der Waals surface area contributed by atoms with Crippen LogP contribution in [0.3, 0.4) is 0 Å². The van der Waals surface area contributed by atoms with E-state index in [0.717, 1.165) is 22.8 Å². The van der Waals surface area contributed by atoms with E-state index in [9.17, 15) is 14.4 Å². The van der Waals surface area contributed by atoms with Crippen molar-refractivity contribution in [2.24, 2.45) is 0 Å². The first-order valence-electron chi connectivity index (χ1n) is 14.5. The fourth-order valence-electron chi connectivity index (χ4n) is 5.08. The normalized spacial score (nSPS) is 15.3. The number of piperazine rings is 1. The first kappa shape index (κ1) is 29.6. The van der Waals surface area contributed by atoms with Gasteiger partial charge < -0.3 is 19.7 Å². The van der Waals surface area contributed by atoms with Crippen molar-refractivity contribution in [3.05, 3.63) is 108 Å². The first-order valence-corrected chi connectivity index (χ1v) is 14.5. The molecule has 1 aliphatic rings. The summed E-state index contributed by atoms with van der Waals surface area (Å²) in [6, 6.07) is 30.3. The molecule has 0 radical (unpaired) electrons. The highest BCUT2D eigenvalue weighted by atomic mass is 16.6.